The first kappa shape index (κ1) is 16.6. The highest BCUT2D eigenvalue weighted by Gasteiger charge is 2.16. The lowest BCUT2D eigenvalue weighted by Gasteiger charge is -2.12. The lowest BCUT2D eigenvalue weighted by molar-refractivity contribution is -0.139. The van der Waals surface area contributed by atoms with Crippen LogP contribution in [0, 0.1) is 0 Å². The summed E-state index contributed by atoms with van der Waals surface area (Å²) in [6.07, 6.45) is 4.24. The van der Waals surface area contributed by atoms with Gasteiger partial charge in [-0.05, 0) is 42.4 Å². The Morgan fingerprint density at radius 3 is 2.95 bits per heavy atom. The first-order valence-corrected chi connectivity index (χ1v) is 8.14. The molecule has 0 aliphatic carbocycles. The number of hydrogen-bond donors (Lipinski definition) is 2. The van der Waals surface area contributed by atoms with Crippen LogP contribution < -0.4 is 5.32 Å². The van der Waals surface area contributed by atoms with Gasteiger partial charge in [0.15, 0.2) is 5.09 Å². The van der Waals surface area contributed by atoms with Gasteiger partial charge in [-0.15, -0.1) is 0 Å². The summed E-state index contributed by atoms with van der Waals surface area (Å²) in [6, 6.07) is 8.90. The summed E-state index contributed by atoms with van der Waals surface area (Å²) in [6.45, 7) is 2.45. The van der Waals surface area contributed by atoms with Crippen LogP contribution in [-0.2, 0) is 11.3 Å². The van der Waals surface area contributed by atoms with E-state index in [1.807, 2.05) is 37.3 Å². The Morgan fingerprint density at radius 2 is 2.27 bits per heavy atom. The van der Waals surface area contributed by atoms with Crippen molar-refractivity contribution in [3.8, 4) is 0 Å². The molecule has 118 valence electrons. The van der Waals surface area contributed by atoms with Crippen molar-refractivity contribution in [3.63, 3.8) is 0 Å². The van der Waals surface area contributed by atoms with E-state index in [4.69, 9.17) is 4.42 Å². The molecule has 2 heterocycles. The van der Waals surface area contributed by atoms with Crippen LogP contribution in [0.3, 0.4) is 0 Å². The van der Waals surface area contributed by atoms with Crippen molar-refractivity contribution in [3.05, 3.63) is 42.3 Å². The summed E-state index contributed by atoms with van der Waals surface area (Å²) < 4.78 is 5.69. The number of carbonyl (C=O) groups is 1. The van der Waals surface area contributed by atoms with Crippen molar-refractivity contribution in [1.29, 1.82) is 0 Å². The number of nitrogens with one attached hydrogen (secondary N) is 1. The summed E-state index contributed by atoms with van der Waals surface area (Å²) in [7, 11) is 0. The van der Waals surface area contributed by atoms with Gasteiger partial charge < -0.3 is 9.52 Å². The van der Waals surface area contributed by atoms with E-state index in [1.54, 1.807) is 6.20 Å². The molecule has 2 aromatic heterocycles. The second-order valence-electron chi connectivity index (χ2n) is 4.90. The molecule has 2 rings (SSSR count). The molecule has 0 fully saturated rings. The van der Waals surface area contributed by atoms with Crippen LogP contribution in [0.25, 0.3) is 0 Å². The number of hydrogen-bond acceptors (Lipinski definition) is 5. The van der Waals surface area contributed by atoms with Crippen molar-refractivity contribution < 1.29 is 14.3 Å². The van der Waals surface area contributed by atoms with Gasteiger partial charge >= 0.3 is 5.97 Å². The van der Waals surface area contributed by atoms with E-state index in [2.05, 4.69) is 10.3 Å². The molecule has 1 unspecified atom stereocenters. The predicted molar refractivity (Wildman–Crippen MR) is 84.9 cm³/mol. The van der Waals surface area contributed by atoms with Gasteiger partial charge in [0.2, 0.25) is 0 Å². The van der Waals surface area contributed by atoms with E-state index in [0.717, 1.165) is 28.7 Å². The van der Waals surface area contributed by atoms with Crippen LogP contribution in [0.1, 0.15) is 31.9 Å². The molecule has 5 nitrogen and oxygen atoms in total. The first-order chi connectivity index (χ1) is 10.7. The third-order valence-corrected chi connectivity index (χ3v) is 4.02. The van der Waals surface area contributed by atoms with Gasteiger partial charge in [0.1, 0.15) is 16.8 Å². The van der Waals surface area contributed by atoms with Gasteiger partial charge in [0.05, 0.1) is 6.54 Å². The lowest BCUT2D eigenvalue weighted by Crippen LogP contribution is -2.36. The first-order valence-electron chi connectivity index (χ1n) is 7.33. The van der Waals surface area contributed by atoms with Gasteiger partial charge in [-0.3, -0.25) is 10.1 Å². The zero-order valence-corrected chi connectivity index (χ0v) is 13.3. The molecular formula is C16H20N2O3S. The summed E-state index contributed by atoms with van der Waals surface area (Å²) in [5.41, 5.74) is 0. The lowest BCUT2D eigenvalue weighted by atomic mass is 10.1. The minimum absolute atomic E-state index is 0.406. The molecule has 0 spiro atoms. The standard InChI is InChI=1S/C16H20N2O3S/c1-2-3-6-13(16(19)20)18-11-12-8-9-15(21-12)22-14-7-4-5-10-17-14/h4-5,7-10,13,18H,2-3,6,11H2,1H3,(H,19,20). The highest BCUT2D eigenvalue weighted by atomic mass is 32.2. The molecule has 0 aliphatic rings. The number of aliphatic carboxylic acids is 1. The molecule has 2 N–H and O–H groups in total. The van der Waals surface area contributed by atoms with E-state index >= 15 is 0 Å². The minimum Gasteiger partial charge on any atom is -0.480 e. The average Bonchev–Trinajstić information content (AvgIpc) is 2.95. The molecule has 0 aliphatic heterocycles. The molecule has 2 aromatic rings. The normalized spacial score (nSPS) is 12.2. The predicted octanol–water partition coefficient (Wildman–Crippen LogP) is 3.56. The van der Waals surface area contributed by atoms with Crippen LogP contribution in [-0.4, -0.2) is 22.1 Å². The number of aromatic nitrogens is 1. The van der Waals surface area contributed by atoms with Gasteiger partial charge in [0.25, 0.3) is 0 Å². The Kier molecular flexibility index (Phi) is 6.48. The molecule has 0 saturated heterocycles. The van der Waals surface area contributed by atoms with Crippen LogP contribution in [0.15, 0.2) is 51.1 Å². The fourth-order valence-corrected chi connectivity index (χ4v) is 2.71. The molecule has 0 aromatic carbocycles. The number of carboxylic acid groups (broad SMARTS) is 1. The highest BCUT2D eigenvalue weighted by molar-refractivity contribution is 7.99. The zero-order chi connectivity index (χ0) is 15.8. The Morgan fingerprint density at radius 1 is 1.41 bits per heavy atom. The Hall–Kier alpha value is -1.79. The van der Waals surface area contributed by atoms with E-state index in [9.17, 15) is 9.90 Å². The van der Waals surface area contributed by atoms with Gasteiger partial charge in [-0.25, -0.2) is 4.98 Å². The van der Waals surface area contributed by atoms with Gasteiger partial charge in [-0.1, -0.05) is 25.8 Å². The summed E-state index contributed by atoms with van der Waals surface area (Å²) in [5, 5.41) is 13.8. The van der Waals surface area contributed by atoms with Crippen LogP contribution in [0.5, 0.6) is 0 Å². The molecule has 1 atom stereocenters. The maximum absolute atomic E-state index is 11.2. The maximum atomic E-state index is 11.2. The quantitative estimate of drug-likeness (QED) is 0.736. The number of nitrogens with zero attached hydrogens (tertiary/aromatic N) is 1. The molecule has 6 heteroatoms. The number of carboxylic acids is 1. The van der Waals surface area contributed by atoms with Crippen molar-refractivity contribution >= 4 is 17.7 Å². The minimum atomic E-state index is -0.817. The van der Waals surface area contributed by atoms with Crippen LogP contribution >= 0.6 is 11.8 Å². The van der Waals surface area contributed by atoms with Crippen LogP contribution in [0.2, 0.25) is 0 Å². The average molecular weight is 320 g/mol. The third-order valence-electron chi connectivity index (χ3n) is 3.15. The largest absolute Gasteiger partial charge is 0.480 e. The van der Waals surface area contributed by atoms with Gasteiger partial charge in [0, 0.05) is 6.20 Å². The molecule has 22 heavy (non-hydrogen) atoms. The zero-order valence-electron chi connectivity index (χ0n) is 12.5. The SMILES string of the molecule is CCCCC(NCc1ccc(Sc2ccccn2)o1)C(=O)O. The molecule has 0 amide bonds. The molecule has 0 saturated carbocycles. The number of furan rings is 1. The Balaban J connectivity index is 1.87. The van der Waals surface area contributed by atoms with E-state index in [0.29, 0.717) is 13.0 Å². The van der Waals surface area contributed by atoms with Crippen molar-refractivity contribution in [1.82, 2.24) is 10.3 Å². The summed E-state index contributed by atoms with van der Waals surface area (Å²) in [4.78, 5) is 15.4. The van der Waals surface area contributed by atoms with Crippen molar-refractivity contribution in [2.75, 3.05) is 0 Å². The molecule has 0 radical (unpaired) electrons. The summed E-state index contributed by atoms with van der Waals surface area (Å²) >= 11 is 1.44. The third kappa shape index (κ3) is 5.20. The second kappa shape index (κ2) is 8.60. The van der Waals surface area contributed by atoms with E-state index in [-0.39, 0.29) is 0 Å². The topological polar surface area (TPSA) is 75.4 Å². The smallest absolute Gasteiger partial charge is 0.320 e. The van der Waals surface area contributed by atoms with Gasteiger partial charge in [-0.2, -0.15) is 0 Å². The van der Waals surface area contributed by atoms with E-state index in [1.165, 1.54) is 11.8 Å². The highest BCUT2D eigenvalue weighted by Crippen LogP contribution is 2.27. The fraction of sp³-hybridized carbons (Fsp3) is 0.375. The number of pyridine rings is 1. The second-order valence-corrected chi connectivity index (χ2v) is 5.93. The van der Waals surface area contributed by atoms with E-state index < -0.39 is 12.0 Å². The Bertz CT molecular complexity index is 586. The Labute approximate surface area is 134 Å². The monoisotopic (exact) mass is 320 g/mol. The molecular weight excluding hydrogens is 300 g/mol. The molecule has 0 bridgehead atoms. The van der Waals surface area contributed by atoms with Crippen LogP contribution in [0.4, 0.5) is 0 Å². The maximum Gasteiger partial charge on any atom is 0.320 e. The summed E-state index contributed by atoms with van der Waals surface area (Å²) in [5.74, 6) is -0.0933. The van der Waals surface area contributed by atoms with Crippen molar-refractivity contribution in [2.45, 2.75) is 48.9 Å². The fourth-order valence-electron chi connectivity index (χ4n) is 1.96. The number of unbranched alkanes of at least 4 members (excludes halogenated alkanes) is 1. The van der Waals surface area contributed by atoms with Crippen molar-refractivity contribution in [2.24, 2.45) is 0 Å². The number of rotatable bonds is 9.